The van der Waals surface area contributed by atoms with E-state index in [1.54, 1.807) is 50.4 Å². The van der Waals surface area contributed by atoms with Gasteiger partial charge in [0.2, 0.25) is 0 Å². The van der Waals surface area contributed by atoms with Crippen LogP contribution in [0.2, 0.25) is 0 Å². The van der Waals surface area contributed by atoms with Crippen molar-refractivity contribution in [2.45, 2.75) is 13.5 Å². The van der Waals surface area contributed by atoms with Crippen LogP contribution in [0, 0.1) is 11.7 Å². The maximum Gasteiger partial charge on any atom is 0.308 e. The molecule has 1 unspecified atom stereocenters. The monoisotopic (exact) mass is 345 g/mol. The molecular weight excluding hydrogens is 325 g/mol. The number of rotatable bonds is 7. The van der Waals surface area contributed by atoms with E-state index in [-0.39, 0.29) is 24.9 Å². The Balaban J connectivity index is 2.09. The molecule has 0 saturated carbocycles. The summed E-state index contributed by atoms with van der Waals surface area (Å²) in [5, 5.41) is 8.98. The molecule has 0 spiro atoms. The van der Waals surface area contributed by atoms with Crippen LogP contribution in [0.15, 0.2) is 48.5 Å². The summed E-state index contributed by atoms with van der Waals surface area (Å²) in [6.45, 7) is 1.84. The van der Waals surface area contributed by atoms with Gasteiger partial charge < -0.3 is 14.7 Å². The lowest BCUT2D eigenvalue weighted by molar-refractivity contribution is -0.141. The first-order valence-corrected chi connectivity index (χ1v) is 7.83. The molecule has 0 aromatic heterocycles. The zero-order valence-corrected chi connectivity index (χ0v) is 14.1. The molecule has 2 aromatic carbocycles. The molecule has 0 saturated heterocycles. The zero-order chi connectivity index (χ0) is 18.4. The number of benzene rings is 2. The average molecular weight is 345 g/mol. The van der Waals surface area contributed by atoms with E-state index in [2.05, 4.69) is 0 Å². The Labute approximate surface area is 145 Å². The molecule has 1 N–H and O–H groups in total. The highest BCUT2D eigenvalue weighted by Crippen LogP contribution is 2.21. The van der Waals surface area contributed by atoms with Crippen LogP contribution >= 0.6 is 0 Å². The lowest BCUT2D eigenvalue weighted by Crippen LogP contribution is -2.33. The molecule has 2 aromatic rings. The van der Waals surface area contributed by atoms with Gasteiger partial charge in [0, 0.05) is 13.6 Å². The maximum atomic E-state index is 12.9. The fourth-order valence-corrected chi connectivity index (χ4v) is 2.29. The van der Waals surface area contributed by atoms with E-state index in [0.717, 1.165) is 5.56 Å². The number of amides is 1. The molecule has 2 rings (SSSR count). The second-order valence-electron chi connectivity index (χ2n) is 5.84. The Morgan fingerprint density at radius 3 is 2.44 bits per heavy atom. The van der Waals surface area contributed by atoms with Crippen molar-refractivity contribution in [2.24, 2.45) is 5.92 Å². The van der Waals surface area contributed by atoms with E-state index >= 15 is 0 Å². The highest BCUT2D eigenvalue weighted by molar-refractivity contribution is 5.97. The maximum absolute atomic E-state index is 12.9. The number of carbonyl (C=O) groups excluding carboxylic acids is 1. The van der Waals surface area contributed by atoms with Gasteiger partial charge in [0.05, 0.1) is 11.5 Å². The van der Waals surface area contributed by atoms with Gasteiger partial charge in [-0.1, -0.05) is 31.2 Å². The van der Waals surface area contributed by atoms with Gasteiger partial charge in [-0.15, -0.1) is 0 Å². The molecule has 0 fully saturated rings. The molecule has 0 radical (unpaired) electrons. The molecule has 0 aliphatic heterocycles. The molecule has 132 valence electrons. The third kappa shape index (κ3) is 5.04. The van der Waals surface area contributed by atoms with Gasteiger partial charge in [0.1, 0.15) is 18.2 Å². The molecular formula is C19H20FNO4. The Bertz CT molecular complexity index is 745. The van der Waals surface area contributed by atoms with Crippen molar-refractivity contribution in [1.82, 2.24) is 4.90 Å². The van der Waals surface area contributed by atoms with Gasteiger partial charge in [-0.05, 0) is 29.8 Å². The summed E-state index contributed by atoms with van der Waals surface area (Å²) in [6, 6.07) is 12.7. The number of hydrogen-bond acceptors (Lipinski definition) is 3. The molecule has 0 heterocycles. The number of aliphatic carboxylic acids is 1. The third-order valence-corrected chi connectivity index (χ3v) is 3.74. The van der Waals surface area contributed by atoms with E-state index in [4.69, 9.17) is 9.84 Å². The zero-order valence-electron chi connectivity index (χ0n) is 14.1. The van der Waals surface area contributed by atoms with Crippen molar-refractivity contribution in [3.05, 3.63) is 65.5 Å². The standard InChI is InChI=1S/C19H20FNO4/c1-13(19(23)24)11-21(2)18(22)16-5-3-4-6-17(16)25-12-14-7-9-15(20)10-8-14/h3-10,13H,11-12H2,1-2H3,(H,23,24). The SMILES string of the molecule is CC(CN(C)C(=O)c1ccccc1OCc1ccc(F)cc1)C(=O)O. The normalized spacial score (nSPS) is 11.6. The summed E-state index contributed by atoms with van der Waals surface area (Å²) < 4.78 is 18.6. The number of para-hydroxylation sites is 1. The van der Waals surface area contributed by atoms with Crippen molar-refractivity contribution >= 4 is 11.9 Å². The lowest BCUT2D eigenvalue weighted by atomic mass is 10.1. The lowest BCUT2D eigenvalue weighted by Gasteiger charge is -2.21. The number of carbonyl (C=O) groups is 2. The average Bonchev–Trinajstić information content (AvgIpc) is 2.60. The highest BCUT2D eigenvalue weighted by Gasteiger charge is 2.21. The van der Waals surface area contributed by atoms with E-state index in [1.165, 1.54) is 17.0 Å². The summed E-state index contributed by atoms with van der Waals surface area (Å²) in [5.41, 5.74) is 1.13. The van der Waals surface area contributed by atoms with Crippen molar-refractivity contribution in [3.63, 3.8) is 0 Å². The van der Waals surface area contributed by atoms with E-state index in [9.17, 15) is 14.0 Å². The molecule has 0 aliphatic carbocycles. The minimum atomic E-state index is -0.958. The van der Waals surface area contributed by atoms with Crippen LogP contribution in [0.1, 0.15) is 22.8 Å². The minimum absolute atomic E-state index is 0.0977. The molecule has 5 nitrogen and oxygen atoms in total. The molecule has 0 bridgehead atoms. The van der Waals surface area contributed by atoms with Crippen LogP contribution < -0.4 is 4.74 Å². The summed E-state index contributed by atoms with van der Waals surface area (Å²) in [4.78, 5) is 24.9. The van der Waals surface area contributed by atoms with Crippen LogP contribution in [-0.4, -0.2) is 35.5 Å². The van der Waals surface area contributed by atoms with Crippen LogP contribution in [0.5, 0.6) is 5.75 Å². The van der Waals surface area contributed by atoms with Crippen molar-refractivity contribution in [1.29, 1.82) is 0 Å². The fraction of sp³-hybridized carbons (Fsp3) is 0.263. The van der Waals surface area contributed by atoms with Gasteiger partial charge in [0.15, 0.2) is 0 Å². The van der Waals surface area contributed by atoms with Gasteiger partial charge >= 0.3 is 5.97 Å². The first kappa shape index (κ1) is 18.4. The molecule has 6 heteroatoms. The van der Waals surface area contributed by atoms with E-state index in [0.29, 0.717) is 11.3 Å². The number of halogens is 1. The van der Waals surface area contributed by atoms with E-state index < -0.39 is 11.9 Å². The van der Waals surface area contributed by atoms with Crippen LogP contribution in [0.25, 0.3) is 0 Å². The number of carboxylic acids is 1. The Kier molecular flexibility index (Phi) is 6.11. The Morgan fingerprint density at radius 2 is 1.80 bits per heavy atom. The smallest absolute Gasteiger partial charge is 0.308 e. The Morgan fingerprint density at radius 1 is 1.16 bits per heavy atom. The van der Waals surface area contributed by atoms with Gasteiger partial charge in [0.25, 0.3) is 5.91 Å². The van der Waals surface area contributed by atoms with E-state index in [1.807, 2.05) is 0 Å². The molecule has 25 heavy (non-hydrogen) atoms. The Hall–Kier alpha value is -2.89. The van der Waals surface area contributed by atoms with Crippen LogP contribution in [0.3, 0.4) is 0 Å². The van der Waals surface area contributed by atoms with Crippen molar-refractivity contribution < 1.29 is 23.8 Å². The van der Waals surface area contributed by atoms with Gasteiger partial charge in [-0.3, -0.25) is 9.59 Å². The third-order valence-electron chi connectivity index (χ3n) is 3.74. The number of carboxylic acid groups (broad SMARTS) is 1. The van der Waals surface area contributed by atoms with Crippen LogP contribution in [0.4, 0.5) is 4.39 Å². The second-order valence-corrected chi connectivity index (χ2v) is 5.84. The molecule has 0 aliphatic rings. The predicted molar refractivity (Wildman–Crippen MR) is 90.9 cm³/mol. The summed E-state index contributed by atoms with van der Waals surface area (Å²) >= 11 is 0. The molecule has 1 amide bonds. The number of ether oxygens (including phenoxy) is 1. The van der Waals surface area contributed by atoms with Crippen molar-refractivity contribution in [3.8, 4) is 5.75 Å². The second kappa shape index (κ2) is 8.28. The van der Waals surface area contributed by atoms with Crippen molar-refractivity contribution in [2.75, 3.05) is 13.6 Å². The quantitative estimate of drug-likeness (QED) is 0.837. The van der Waals surface area contributed by atoms with Crippen LogP contribution in [-0.2, 0) is 11.4 Å². The largest absolute Gasteiger partial charge is 0.488 e. The predicted octanol–water partition coefficient (Wildman–Crippen LogP) is 3.20. The summed E-state index contributed by atoms with van der Waals surface area (Å²) in [5.74, 6) is -1.87. The first-order valence-electron chi connectivity index (χ1n) is 7.83. The van der Waals surface area contributed by atoms with Gasteiger partial charge in [-0.25, -0.2) is 4.39 Å². The van der Waals surface area contributed by atoms with Gasteiger partial charge in [-0.2, -0.15) is 0 Å². The summed E-state index contributed by atoms with van der Waals surface area (Å²) in [7, 11) is 1.55. The molecule has 1 atom stereocenters. The number of nitrogens with zero attached hydrogens (tertiary/aromatic N) is 1. The fourth-order valence-electron chi connectivity index (χ4n) is 2.29. The summed E-state index contributed by atoms with van der Waals surface area (Å²) in [6.07, 6.45) is 0. The number of hydrogen-bond donors (Lipinski definition) is 1. The topological polar surface area (TPSA) is 66.8 Å². The first-order chi connectivity index (χ1) is 11.9. The highest BCUT2D eigenvalue weighted by atomic mass is 19.1. The minimum Gasteiger partial charge on any atom is -0.488 e.